The molecular weight excluding hydrogens is 316 g/mol. The lowest BCUT2D eigenvalue weighted by Gasteiger charge is -2.22. The number of aryl methyl sites for hydroxylation is 2. The molecule has 0 unspecified atom stereocenters. The van der Waals surface area contributed by atoms with Crippen LogP contribution >= 0.6 is 0 Å². The SMILES string of the molecule is Cc1cn(-c2c(C(C)C)cccc2C(C)C)c(-c2cccc[n+]2C)c1C. The molecule has 2 nitrogen and oxygen atoms in total. The lowest BCUT2D eigenvalue weighted by atomic mass is 9.92. The van der Waals surface area contributed by atoms with Crippen molar-refractivity contribution in [1.82, 2.24) is 4.57 Å². The van der Waals surface area contributed by atoms with Crippen molar-refractivity contribution in [3.8, 4) is 17.1 Å². The molecule has 2 heteroatoms. The molecule has 136 valence electrons. The Morgan fingerprint density at radius 2 is 1.46 bits per heavy atom. The molecule has 0 saturated carbocycles. The van der Waals surface area contributed by atoms with Gasteiger partial charge in [-0.3, -0.25) is 0 Å². The van der Waals surface area contributed by atoms with Crippen LogP contribution in [0.15, 0.2) is 48.8 Å². The van der Waals surface area contributed by atoms with Gasteiger partial charge in [0.1, 0.15) is 12.7 Å². The van der Waals surface area contributed by atoms with Gasteiger partial charge in [0.05, 0.1) is 5.69 Å². The fraction of sp³-hybridized carbons (Fsp3) is 0.375. The van der Waals surface area contributed by atoms with Gasteiger partial charge in [-0.25, -0.2) is 0 Å². The smallest absolute Gasteiger partial charge is 0.229 e. The van der Waals surface area contributed by atoms with Gasteiger partial charge in [0.25, 0.3) is 0 Å². The van der Waals surface area contributed by atoms with E-state index >= 15 is 0 Å². The first-order valence-electron chi connectivity index (χ1n) is 9.59. The minimum Gasteiger partial charge on any atom is -0.310 e. The van der Waals surface area contributed by atoms with Crippen LogP contribution in [0.4, 0.5) is 0 Å². The topological polar surface area (TPSA) is 8.81 Å². The third-order valence-corrected chi connectivity index (χ3v) is 5.39. The average Bonchev–Trinajstić information content (AvgIpc) is 2.89. The number of benzene rings is 1. The third kappa shape index (κ3) is 3.09. The number of aromatic nitrogens is 2. The predicted octanol–water partition coefficient (Wildman–Crippen LogP) is 5.83. The van der Waals surface area contributed by atoms with Crippen molar-refractivity contribution in [2.24, 2.45) is 7.05 Å². The van der Waals surface area contributed by atoms with Crippen molar-refractivity contribution in [2.75, 3.05) is 0 Å². The lowest BCUT2D eigenvalue weighted by Crippen LogP contribution is -2.31. The highest BCUT2D eigenvalue weighted by atomic mass is 15.0. The quantitative estimate of drug-likeness (QED) is 0.525. The minimum absolute atomic E-state index is 0.476. The van der Waals surface area contributed by atoms with Crippen LogP contribution in [-0.4, -0.2) is 4.57 Å². The van der Waals surface area contributed by atoms with E-state index in [1.807, 2.05) is 0 Å². The first kappa shape index (κ1) is 18.4. The minimum atomic E-state index is 0.476. The van der Waals surface area contributed by atoms with E-state index in [0.29, 0.717) is 11.8 Å². The largest absolute Gasteiger partial charge is 0.310 e. The molecule has 2 aromatic heterocycles. The van der Waals surface area contributed by atoms with Crippen LogP contribution in [0.1, 0.15) is 61.8 Å². The molecule has 0 fully saturated rings. The van der Waals surface area contributed by atoms with E-state index in [-0.39, 0.29) is 0 Å². The van der Waals surface area contributed by atoms with E-state index < -0.39 is 0 Å². The van der Waals surface area contributed by atoms with E-state index in [1.54, 1.807) is 0 Å². The molecule has 0 saturated heterocycles. The van der Waals surface area contributed by atoms with E-state index in [4.69, 9.17) is 0 Å². The standard InChI is InChI=1S/C24H31N2/c1-16(2)20-11-10-12-21(17(3)4)24(20)26-15-18(5)19(6)23(26)22-13-8-9-14-25(22)7/h8-17H,1-7H3/q+1. The zero-order valence-electron chi connectivity index (χ0n) is 17.2. The molecule has 0 N–H and O–H groups in total. The Labute approximate surface area is 158 Å². The lowest BCUT2D eigenvalue weighted by molar-refractivity contribution is -0.660. The highest BCUT2D eigenvalue weighted by Gasteiger charge is 2.24. The second-order valence-electron chi connectivity index (χ2n) is 7.95. The van der Waals surface area contributed by atoms with E-state index in [9.17, 15) is 0 Å². The summed E-state index contributed by atoms with van der Waals surface area (Å²) in [5, 5.41) is 0. The summed E-state index contributed by atoms with van der Waals surface area (Å²) in [6.07, 6.45) is 4.43. The summed E-state index contributed by atoms with van der Waals surface area (Å²) in [6.45, 7) is 13.6. The maximum atomic E-state index is 2.44. The number of hydrogen-bond donors (Lipinski definition) is 0. The van der Waals surface area contributed by atoms with Gasteiger partial charge < -0.3 is 4.57 Å². The Balaban J connectivity index is 2.40. The van der Waals surface area contributed by atoms with Crippen molar-refractivity contribution in [3.63, 3.8) is 0 Å². The van der Waals surface area contributed by atoms with Gasteiger partial charge in [-0.2, -0.15) is 4.57 Å². The van der Waals surface area contributed by atoms with Gasteiger partial charge in [0.2, 0.25) is 5.69 Å². The number of rotatable bonds is 4. The molecule has 2 heterocycles. The van der Waals surface area contributed by atoms with Crippen molar-refractivity contribution in [2.45, 2.75) is 53.4 Å². The molecular formula is C24H31N2+. The highest BCUT2D eigenvalue weighted by Crippen LogP contribution is 2.36. The maximum absolute atomic E-state index is 2.44. The first-order valence-corrected chi connectivity index (χ1v) is 9.59. The molecule has 0 aliphatic carbocycles. The molecule has 0 aliphatic rings. The Kier molecular flexibility index (Phi) is 5.04. The molecule has 3 rings (SSSR count). The summed E-state index contributed by atoms with van der Waals surface area (Å²) in [4.78, 5) is 0. The van der Waals surface area contributed by atoms with E-state index in [0.717, 1.165) is 0 Å². The molecule has 0 amide bonds. The number of para-hydroxylation sites is 1. The molecule has 0 atom stereocenters. The molecule has 26 heavy (non-hydrogen) atoms. The van der Waals surface area contributed by atoms with Crippen LogP contribution in [0.2, 0.25) is 0 Å². The number of pyridine rings is 1. The van der Waals surface area contributed by atoms with Gasteiger partial charge in [-0.05, 0) is 54.0 Å². The van der Waals surface area contributed by atoms with Crippen LogP contribution in [0.5, 0.6) is 0 Å². The molecule has 0 aliphatic heterocycles. The van der Waals surface area contributed by atoms with Crippen LogP contribution in [0.25, 0.3) is 17.1 Å². The summed E-state index contributed by atoms with van der Waals surface area (Å²) in [7, 11) is 2.12. The fourth-order valence-corrected chi connectivity index (χ4v) is 3.77. The van der Waals surface area contributed by atoms with Gasteiger partial charge >= 0.3 is 0 Å². The van der Waals surface area contributed by atoms with Gasteiger partial charge in [0.15, 0.2) is 6.20 Å². The molecule has 0 bridgehead atoms. The Morgan fingerprint density at radius 3 is 2.00 bits per heavy atom. The van der Waals surface area contributed by atoms with Crippen LogP contribution in [0, 0.1) is 13.8 Å². The Morgan fingerprint density at radius 1 is 0.846 bits per heavy atom. The summed E-state index contributed by atoms with van der Waals surface area (Å²) in [6, 6.07) is 13.2. The second-order valence-corrected chi connectivity index (χ2v) is 7.95. The van der Waals surface area contributed by atoms with Crippen molar-refractivity contribution >= 4 is 0 Å². The van der Waals surface area contributed by atoms with Gasteiger partial charge in [-0.1, -0.05) is 45.9 Å². The molecule has 0 spiro atoms. The summed E-state index contributed by atoms with van der Waals surface area (Å²) >= 11 is 0. The average molecular weight is 348 g/mol. The van der Waals surface area contributed by atoms with Crippen LogP contribution in [0.3, 0.4) is 0 Å². The summed E-state index contributed by atoms with van der Waals surface area (Å²) in [5.41, 5.74) is 9.38. The first-order chi connectivity index (χ1) is 12.3. The second kappa shape index (κ2) is 7.11. The van der Waals surface area contributed by atoms with E-state index in [1.165, 1.54) is 39.3 Å². The van der Waals surface area contributed by atoms with E-state index in [2.05, 4.69) is 107 Å². The molecule has 1 aromatic carbocycles. The maximum Gasteiger partial charge on any atom is 0.229 e. The normalized spacial score (nSPS) is 11.6. The number of hydrogen-bond acceptors (Lipinski definition) is 0. The molecule has 3 aromatic rings. The van der Waals surface area contributed by atoms with Gasteiger partial charge in [0, 0.05) is 18.3 Å². The highest BCUT2D eigenvalue weighted by molar-refractivity contribution is 5.66. The summed E-state index contributed by atoms with van der Waals surface area (Å²) < 4.78 is 4.65. The summed E-state index contributed by atoms with van der Waals surface area (Å²) in [5.74, 6) is 0.952. The zero-order chi connectivity index (χ0) is 19.0. The fourth-order valence-electron chi connectivity index (χ4n) is 3.77. The van der Waals surface area contributed by atoms with Crippen molar-refractivity contribution in [3.05, 3.63) is 71.0 Å². The third-order valence-electron chi connectivity index (χ3n) is 5.39. The monoisotopic (exact) mass is 347 g/mol. The van der Waals surface area contributed by atoms with Crippen LogP contribution < -0.4 is 4.57 Å². The van der Waals surface area contributed by atoms with Crippen molar-refractivity contribution < 1.29 is 4.57 Å². The van der Waals surface area contributed by atoms with Gasteiger partial charge in [-0.15, -0.1) is 0 Å². The number of nitrogens with zero attached hydrogens (tertiary/aromatic N) is 2. The van der Waals surface area contributed by atoms with Crippen LogP contribution in [-0.2, 0) is 7.05 Å². The zero-order valence-corrected chi connectivity index (χ0v) is 17.2. The Bertz CT molecular complexity index is 903. The Hall–Kier alpha value is -2.35. The predicted molar refractivity (Wildman–Crippen MR) is 110 cm³/mol. The molecule has 0 radical (unpaired) electrons. The van der Waals surface area contributed by atoms with Crippen molar-refractivity contribution in [1.29, 1.82) is 0 Å².